The van der Waals surface area contributed by atoms with E-state index in [1.165, 1.54) is 6.20 Å². The topological polar surface area (TPSA) is 68.0 Å². The first-order valence-corrected chi connectivity index (χ1v) is 6.47. The molecule has 106 valence electrons. The molecule has 1 aromatic heterocycles. The van der Waals surface area contributed by atoms with Crippen LogP contribution >= 0.6 is 11.6 Å². The second-order valence-electron chi connectivity index (χ2n) is 5.22. The Labute approximate surface area is 121 Å². The predicted molar refractivity (Wildman–Crippen MR) is 78.2 cm³/mol. The van der Waals surface area contributed by atoms with Crippen molar-refractivity contribution in [3.63, 3.8) is 0 Å². The Morgan fingerprint density at radius 3 is 2.80 bits per heavy atom. The lowest BCUT2D eigenvalue weighted by atomic mass is 9.92. The van der Waals surface area contributed by atoms with Crippen LogP contribution in [0.15, 0.2) is 24.4 Å². The first-order chi connectivity index (χ1) is 9.33. The molecular weight excluding hydrogens is 281 g/mol. The fraction of sp³-hybridized carbons (Fsp3) is 0.286. The normalized spacial score (nSPS) is 11.6. The predicted octanol–water partition coefficient (Wildman–Crippen LogP) is 2.95. The van der Waals surface area contributed by atoms with Crippen molar-refractivity contribution in [3.8, 4) is 0 Å². The second-order valence-corrected chi connectivity index (χ2v) is 5.62. The number of rotatable bonds is 4. The zero-order valence-corrected chi connectivity index (χ0v) is 12.0. The number of nitrogens with two attached hydrogens (primary N) is 1. The van der Waals surface area contributed by atoms with Gasteiger partial charge in [-0.15, -0.1) is 0 Å². The van der Waals surface area contributed by atoms with E-state index >= 15 is 0 Å². The molecule has 1 heterocycles. The van der Waals surface area contributed by atoms with E-state index in [2.05, 4.69) is 10.3 Å². The summed E-state index contributed by atoms with van der Waals surface area (Å²) in [6.45, 7) is 3.61. The Hall–Kier alpha value is -1.88. The van der Waals surface area contributed by atoms with Gasteiger partial charge in [-0.2, -0.15) is 0 Å². The smallest absolute Gasteiger partial charge is 0.224 e. The number of anilines is 1. The molecule has 0 aliphatic rings. The molecule has 0 aliphatic heterocycles. The van der Waals surface area contributed by atoms with Crippen LogP contribution in [0.25, 0.3) is 10.9 Å². The summed E-state index contributed by atoms with van der Waals surface area (Å²) < 4.78 is 14.3. The van der Waals surface area contributed by atoms with Crippen molar-refractivity contribution in [2.75, 3.05) is 11.9 Å². The Morgan fingerprint density at radius 1 is 1.45 bits per heavy atom. The SMILES string of the molecule is CC(C)(CNc1ccc2c(Cl)ccnc2c1F)C(N)=O. The van der Waals surface area contributed by atoms with Gasteiger partial charge in [0.05, 0.1) is 16.1 Å². The van der Waals surface area contributed by atoms with Crippen molar-refractivity contribution in [3.05, 3.63) is 35.2 Å². The minimum atomic E-state index is -0.775. The molecule has 0 unspecified atom stereocenters. The third-order valence-corrected chi connectivity index (χ3v) is 3.52. The molecule has 0 bridgehead atoms. The zero-order valence-electron chi connectivity index (χ0n) is 11.2. The zero-order chi connectivity index (χ0) is 14.9. The van der Waals surface area contributed by atoms with Crippen LogP contribution < -0.4 is 11.1 Å². The number of nitrogens with zero attached hydrogens (tertiary/aromatic N) is 1. The van der Waals surface area contributed by atoms with Gasteiger partial charge in [-0.25, -0.2) is 4.39 Å². The summed E-state index contributed by atoms with van der Waals surface area (Å²) in [5.74, 6) is -0.947. The third-order valence-electron chi connectivity index (χ3n) is 3.19. The quantitative estimate of drug-likeness (QED) is 0.911. The Bertz CT molecular complexity index is 673. The number of primary amides is 1. The van der Waals surface area contributed by atoms with Crippen LogP contribution in [-0.2, 0) is 4.79 Å². The lowest BCUT2D eigenvalue weighted by Gasteiger charge is -2.21. The molecule has 6 heteroatoms. The van der Waals surface area contributed by atoms with Crippen LogP contribution in [-0.4, -0.2) is 17.4 Å². The number of aromatic nitrogens is 1. The van der Waals surface area contributed by atoms with E-state index < -0.39 is 17.1 Å². The summed E-state index contributed by atoms with van der Waals surface area (Å²) in [5.41, 5.74) is 4.96. The maximum Gasteiger partial charge on any atom is 0.224 e. The highest BCUT2D eigenvalue weighted by Crippen LogP contribution is 2.28. The average molecular weight is 296 g/mol. The van der Waals surface area contributed by atoms with Gasteiger partial charge >= 0.3 is 0 Å². The van der Waals surface area contributed by atoms with E-state index in [9.17, 15) is 9.18 Å². The van der Waals surface area contributed by atoms with Gasteiger partial charge in [0.15, 0.2) is 5.82 Å². The fourth-order valence-electron chi connectivity index (χ4n) is 1.69. The van der Waals surface area contributed by atoms with E-state index in [1.54, 1.807) is 32.0 Å². The van der Waals surface area contributed by atoms with E-state index in [-0.39, 0.29) is 17.7 Å². The molecule has 0 saturated heterocycles. The fourth-order valence-corrected chi connectivity index (χ4v) is 1.90. The molecule has 20 heavy (non-hydrogen) atoms. The number of carbonyl (C=O) groups is 1. The molecule has 0 spiro atoms. The number of benzene rings is 1. The van der Waals surface area contributed by atoms with Crippen LogP contribution in [0.5, 0.6) is 0 Å². The summed E-state index contributed by atoms with van der Waals surface area (Å²) in [5, 5.41) is 3.88. The molecule has 4 nitrogen and oxygen atoms in total. The van der Waals surface area contributed by atoms with Crippen LogP contribution in [0, 0.1) is 11.2 Å². The number of hydrogen-bond donors (Lipinski definition) is 2. The average Bonchev–Trinajstić information content (AvgIpc) is 2.39. The van der Waals surface area contributed by atoms with E-state index in [0.29, 0.717) is 10.4 Å². The van der Waals surface area contributed by atoms with Crippen molar-refractivity contribution >= 4 is 34.1 Å². The van der Waals surface area contributed by atoms with Crippen LogP contribution in [0.3, 0.4) is 0 Å². The van der Waals surface area contributed by atoms with E-state index in [1.807, 2.05) is 0 Å². The minimum Gasteiger partial charge on any atom is -0.382 e. The Morgan fingerprint density at radius 2 is 2.15 bits per heavy atom. The Kier molecular flexibility index (Phi) is 3.81. The summed E-state index contributed by atoms with van der Waals surface area (Å²) in [4.78, 5) is 15.2. The van der Waals surface area contributed by atoms with Gasteiger partial charge in [0, 0.05) is 18.1 Å². The van der Waals surface area contributed by atoms with Gasteiger partial charge < -0.3 is 11.1 Å². The van der Waals surface area contributed by atoms with Gasteiger partial charge in [0.25, 0.3) is 0 Å². The molecule has 0 saturated carbocycles. The molecule has 2 aromatic rings. The lowest BCUT2D eigenvalue weighted by Crippen LogP contribution is -2.37. The van der Waals surface area contributed by atoms with Crippen molar-refractivity contribution < 1.29 is 9.18 Å². The van der Waals surface area contributed by atoms with Gasteiger partial charge in [0.1, 0.15) is 5.52 Å². The second kappa shape index (κ2) is 5.25. The van der Waals surface area contributed by atoms with E-state index in [0.717, 1.165) is 0 Å². The Balaban J connectivity index is 2.33. The third kappa shape index (κ3) is 2.67. The van der Waals surface area contributed by atoms with Gasteiger partial charge in [-0.3, -0.25) is 9.78 Å². The van der Waals surface area contributed by atoms with Crippen LogP contribution in [0.4, 0.5) is 10.1 Å². The summed E-state index contributed by atoms with van der Waals surface area (Å²) in [6.07, 6.45) is 1.45. The summed E-state index contributed by atoms with van der Waals surface area (Å²) in [7, 11) is 0. The highest BCUT2D eigenvalue weighted by Gasteiger charge is 2.25. The largest absolute Gasteiger partial charge is 0.382 e. The molecular formula is C14H15ClFN3O. The molecule has 1 aromatic carbocycles. The van der Waals surface area contributed by atoms with Crippen LogP contribution in [0.2, 0.25) is 5.02 Å². The minimum absolute atomic E-state index is 0.194. The maximum absolute atomic E-state index is 14.3. The monoisotopic (exact) mass is 295 g/mol. The first-order valence-electron chi connectivity index (χ1n) is 6.09. The molecule has 2 rings (SSSR count). The number of halogens is 2. The van der Waals surface area contributed by atoms with Crippen molar-refractivity contribution in [2.45, 2.75) is 13.8 Å². The van der Waals surface area contributed by atoms with Crippen molar-refractivity contribution in [1.29, 1.82) is 0 Å². The molecule has 0 fully saturated rings. The molecule has 0 radical (unpaired) electrons. The van der Waals surface area contributed by atoms with Gasteiger partial charge in [-0.1, -0.05) is 11.6 Å². The number of nitrogens with one attached hydrogen (secondary N) is 1. The van der Waals surface area contributed by atoms with E-state index in [4.69, 9.17) is 17.3 Å². The highest BCUT2D eigenvalue weighted by atomic mass is 35.5. The van der Waals surface area contributed by atoms with Crippen molar-refractivity contribution in [2.24, 2.45) is 11.1 Å². The van der Waals surface area contributed by atoms with Crippen molar-refractivity contribution in [1.82, 2.24) is 4.98 Å². The molecule has 3 N–H and O–H groups in total. The number of hydrogen-bond acceptors (Lipinski definition) is 3. The molecule has 1 amide bonds. The number of pyridine rings is 1. The van der Waals surface area contributed by atoms with Gasteiger partial charge in [-0.05, 0) is 32.0 Å². The maximum atomic E-state index is 14.3. The number of carbonyl (C=O) groups excluding carboxylic acids is 1. The number of amides is 1. The van der Waals surface area contributed by atoms with Crippen LogP contribution in [0.1, 0.15) is 13.8 Å². The lowest BCUT2D eigenvalue weighted by molar-refractivity contribution is -0.125. The standard InChI is InChI=1S/C14H15ClFN3O/c1-14(2,13(17)20)7-19-10-4-3-8-9(15)5-6-18-12(8)11(10)16/h3-6,19H,7H2,1-2H3,(H2,17,20). The summed E-state index contributed by atoms with van der Waals surface area (Å²) in [6, 6.07) is 4.86. The molecule has 0 aliphatic carbocycles. The summed E-state index contributed by atoms with van der Waals surface area (Å²) >= 11 is 5.98. The first kappa shape index (κ1) is 14.5. The number of fused-ring (bicyclic) bond motifs is 1. The van der Waals surface area contributed by atoms with Gasteiger partial charge in [0.2, 0.25) is 5.91 Å². The highest BCUT2D eigenvalue weighted by molar-refractivity contribution is 6.35. The molecule has 0 atom stereocenters.